The number of likely N-dealkylation sites (tertiary alicyclic amines) is 1. The first kappa shape index (κ1) is 12.6. The van der Waals surface area contributed by atoms with Gasteiger partial charge in [0.2, 0.25) is 0 Å². The highest BCUT2D eigenvalue weighted by Crippen LogP contribution is 2.36. The third kappa shape index (κ3) is 2.86. The van der Waals surface area contributed by atoms with Crippen LogP contribution >= 0.6 is 27.3 Å². The molecule has 0 aliphatic carbocycles. The number of rotatable bonds is 3. The van der Waals surface area contributed by atoms with E-state index in [1.807, 2.05) is 11.3 Å². The van der Waals surface area contributed by atoms with E-state index >= 15 is 0 Å². The fraction of sp³-hybridized carbons (Fsp3) is 0.667. The van der Waals surface area contributed by atoms with Crippen molar-refractivity contribution in [1.29, 1.82) is 0 Å². The highest BCUT2D eigenvalue weighted by molar-refractivity contribution is 9.11. The summed E-state index contributed by atoms with van der Waals surface area (Å²) in [6.07, 6.45) is 2.57. The second-order valence-corrected chi connectivity index (χ2v) is 7.12. The second kappa shape index (κ2) is 5.63. The van der Waals surface area contributed by atoms with Gasteiger partial charge in [-0.15, -0.1) is 11.3 Å². The van der Waals surface area contributed by atoms with Gasteiger partial charge in [0.1, 0.15) is 0 Å². The van der Waals surface area contributed by atoms with Crippen LogP contribution in [0.2, 0.25) is 0 Å². The Hall–Kier alpha value is 0.1000. The molecule has 1 unspecified atom stereocenters. The maximum absolute atomic E-state index is 5.96. The highest BCUT2D eigenvalue weighted by Gasteiger charge is 2.26. The van der Waals surface area contributed by atoms with E-state index in [-0.39, 0.29) is 0 Å². The molecule has 0 radical (unpaired) electrons. The minimum Gasteiger partial charge on any atom is -0.330 e. The normalized spacial score (nSPS) is 21.2. The van der Waals surface area contributed by atoms with Crippen LogP contribution in [0.4, 0.5) is 0 Å². The molecule has 0 aromatic carbocycles. The van der Waals surface area contributed by atoms with E-state index in [0.29, 0.717) is 5.92 Å². The maximum atomic E-state index is 5.96. The standard InChI is InChI=1S/C12H19BrN2S/c1-15-6-4-9(5-7-15)10(8-14)11-2-3-12(13)16-11/h2-3,9-10H,4-8,14H2,1H3. The molecule has 16 heavy (non-hydrogen) atoms. The molecule has 2 heterocycles. The van der Waals surface area contributed by atoms with Crippen molar-refractivity contribution in [3.8, 4) is 0 Å². The van der Waals surface area contributed by atoms with Crippen LogP contribution in [-0.2, 0) is 0 Å². The van der Waals surface area contributed by atoms with E-state index in [2.05, 4.69) is 40.0 Å². The van der Waals surface area contributed by atoms with Crippen molar-refractivity contribution in [2.75, 3.05) is 26.7 Å². The van der Waals surface area contributed by atoms with Crippen LogP contribution < -0.4 is 5.73 Å². The Morgan fingerprint density at radius 3 is 2.69 bits per heavy atom. The van der Waals surface area contributed by atoms with Crippen molar-refractivity contribution in [1.82, 2.24) is 4.90 Å². The number of halogens is 1. The third-order valence-corrected chi connectivity index (χ3v) is 5.30. The van der Waals surface area contributed by atoms with E-state index < -0.39 is 0 Å². The predicted octanol–water partition coefficient (Wildman–Crippen LogP) is 2.89. The molecule has 2 rings (SSSR count). The van der Waals surface area contributed by atoms with Crippen molar-refractivity contribution in [2.45, 2.75) is 18.8 Å². The number of piperidine rings is 1. The topological polar surface area (TPSA) is 29.3 Å². The predicted molar refractivity (Wildman–Crippen MR) is 74.0 cm³/mol. The van der Waals surface area contributed by atoms with Crippen molar-refractivity contribution < 1.29 is 0 Å². The minimum atomic E-state index is 0.560. The van der Waals surface area contributed by atoms with Crippen molar-refractivity contribution in [3.05, 3.63) is 20.8 Å². The molecule has 4 heteroatoms. The Kier molecular flexibility index (Phi) is 4.41. The molecule has 1 atom stereocenters. The highest BCUT2D eigenvalue weighted by atomic mass is 79.9. The van der Waals surface area contributed by atoms with Gasteiger partial charge in [-0.25, -0.2) is 0 Å². The monoisotopic (exact) mass is 302 g/mol. The van der Waals surface area contributed by atoms with Crippen LogP contribution in [0.3, 0.4) is 0 Å². The van der Waals surface area contributed by atoms with Crippen molar-refractivity contribution in [3.63, 3.8) is 0 Å². The second-order valence-electron chi connectivity index (χ2n) is 4.62. The summed E-state index contributed by atoms with van der Waals surface area (Å²) in [5, 5.41) is 0. The van der Waals surface area contributed by atoms with Gasteiger partial charge in [-0.3, -0.25) is 0 Å². The third-order valence-electron chi connectivity index (χ3n) is 3.55. The van der Waals surface area contributed by atoms with Gasteiger partial charge in [-0.2, -0.15) is 0 Å². The molecule has 0 saturated carbocycles. The molecule has 2 N–H and O–H groups in total. The van der Waals surface area contributed by atoms with Gasteiger partial charge < -0.3 is 10.6 Å². The molecule has 90 valence electrons. The zero-order valence-corrected chi connectivity index (χ0v) is 12.1. The molecule has 0 amide bonds. The summed E-state index contributed by atoms with van der Waals surface area (Å²) in [5.74, 6) is 1.33. The van der Waals surface area contributed by atoms with Crippen LogP contribution in [0.5, 0.6) is 0 Å². The lowest BCUT2D eigenvalue weighted by molar-refractivity contribution is 0.200. The summed E-state index contributed by atoms with van der Waals surface area (Å²) in [5.41, 5.74) is 5.96. The summed E-state index contributed by atoms with van der Waals surface area (Å²) < 4.78 is 1.22. The molecule has 1 saturated heterocycles. The molecule has 0 spiro atoms. The van der Waals surface area contributed by atoms with E-state index in [1.54, 1.807) is 0 Å². The van der Waals surface area contributed by atoms with Gasteiger partial charge in [0, 0.05) is 17.3 Å². The summed E-state index contributed by atoms with van der Waals surface area (Å²) in [7, 11) is 2.20. The molecule has 2 nitrogen and oxygen atoms in total. The summed E-state index contributed by atoms with van der Waals surface area (Å²) >= 11 is 5.37. The van der Waals surface area contributed by atoms with E-state index in [4.69, 9.17) is 5.73 Å². The molecule has 1 aromatic rings. The maximum Gasteiger partial charge on any atom is 0.0701 e. The zero-order chi connectivity index (χ0) is 11.5. The van der Waals surface area contributed by atoms with Crippen LogP contribution in [0.25, 0.3) is 0 Å². The number of nitrogens with two attached hydrogens (primary N) is 1. The molecular weight excluding hydrogens is 284 g/mol. The van der Waals surface area contributed by atoms with Gasteiger partial charge in [0.15, 0.2) is 0 Å². The number of nitrogens with zero attached hydrogens (tertiary/aromatic N) is 1. The largest absolute Gasteiger partial charge is 0.330 e. The molecule has 1 aliphatic heterocycles. The van der Waals surface area contributed by atoms with Crippen LogP contribution in [0.1, 0.15) is 23.6 Å². The SMILES string of the molecule is CN1CCC(C(CN)c2ccc(Br)s2)CC1. The van der Waals surface area contributed by atoms with Gasteiger partial charge in [-0.1, -0.05) is 0 Å². The van der Waals surface area contributed by atoms with Crippen LogP contribution in [0, 0.1) is 5.92 Å². The van der Waals surface area contributed by atoms with Gasteiger partial charge in [-0.05, 0) is 67.0 Å². The van der Waals surface area contributed by atoms with E-state index in [1.165, 1.54) is 34.6 Å². The Labute approximate surface area is 110 Å². The minimum absolute atomic E-state index is 0.560. The smallest absolute Gasteiger partial charge is 0.0701 e. The molecule has 1 aliphatic rings. The lowest BCUT2D eigenvalue weighted by Gasteiger charge is -2.33. The summed E-state index contributed by atoms with van der Waals surface area (Å²) in [4.78, 5) is 3.86. The molecule has 1 aromatic heterocycles. The zero-order valence-electron chi connectivity index (χ0n) is 9.66. The first-order chi connectivity index (χ1) is 7.70. The lowest BCUT2D eigenvalue weighted by atomic mass is 9.83. The Bertz CT molecular complexity index is 332. The van der Waals surface area contributed by atoms with Crippen molar-refractivity contribution >= 4 is 27.3 Å². The van der Waals surface area contributed by atoms with Crippen LogP contribution in [0.15, 0.2) is 15.9 Å². The molecule has 1 fully saturated rings. The number of hydrogen-bond acceptors (Lipinski definition) is 3. The summed E-state index contributed by atoms with van der Waals surface area (Å²) in [6, 6.07) is 4.36. The fourth-order valence-electron chi connectivity index (χ4n) is 2.50. The van der Waals surface area contributed by atoms with Crippen LogP contribution in [-0.4, -0.2) is 31.6 Å². The van der Waals surface area contributed by atoms with Gasteiger partial charge in [0.25, 0.3) is 0 Å². The van der Waals surface area contributed by atoms with E-state index in [0.717, 1.165) is 12.5 Å². The molecular formula is C12H19BrN2S. The molecule has 0 bridgehead atoms. The quantitative estimate of drug-likeness (QED) is 0.930. The first-order valence-electron chi connectivity index (χ1n) is 5.84. The van der Waals surface area contributed by atoms with Gasteiger partial charge in [0.05, 0.1) is 3.79 Å². The first-order valence-corrected chi connectivity index (χ1v) is 7.45. The average Bonchev–Trinajstić information content (AvgIpc) is 2.69. The van der Waals surface area contributed by atoms with Crippen molar-refractivity contribution in [2.24, 2.45) is 11.7 Å². The lowest BCUT2D eigenvalue weighted by Crippen LogP contribution is -2.34. The number of thiophene rings is 1. The summed E-state index contributed by atoms with van der Waals surface area (Å²) in [6.45, 7) is 3.21. The average molecular weight is 303 g/mol. The Balaban J connectivity index is 2.05. The van der Waals surface area contributed by atoms with Gasteiger partial charge >= 0.3 is 0 Å². The Morgan fingerprint density at radius 1 is 1.50 bits per heavy atom. The Morgan fingerprint density at radius 2 is 2.19 bits per heavy atom. The fourth-order valence-corrected chi connectivity index (χ4v) is 4.13. The number of hydrogen-bond donors (Lipinski definition) is 1. The van der Waals surface area contributed by atoms with E-state index in [9.17, 15) is 0 Å².